The van der Waals surface area contributed by atoms with E-state index in [0.717, 1.165) is 0 Å². The monoisotopic (exact) mass is 191 g/mol. The highest BCUT2D eigenvalue weighted by molar-refractivity contribution is 6.07. The Hall–Kier alpha value is -1.71. The zero-order chi connectivity index (χ0) is 10.3. The fraction of sp³-hybridized carbons (Fsp3) is 0.300. The second-order valence-electron chi connectivity index (χ2n) is 3.38. The average Bonchev–Trinajstić information content (AvgIpc) is 1.99. The minimum atomic E-state index is -0.489. The number of fused-ring (bicyclic) bond motifs is 1. The number of carbonyl (C=O) groups is 2. The predicted molar refractivity (Wildman–Crippen MR) is 49.5 cm³/mol. The summed E-state index contributed by atoms with van der Waals surface area (Å²) in [5, 5.41) is 0. The summed E-state index contributed by atoms with van der Waals surface area (Å²) in [6.07, 6.45) is 2.95. The molecule has 0 saturated carbocycles. The maximum atomic E-state index is 11.5. The quantitative estimate of drug-likeness (QED) is 0.536. The first kappa shape index (κ1) is 8.87. The molecular weight excluding hydrogens is 182 g/mol. The van der Waals surface area contributed by atoms with Gasteiger partial charge in [0.1, 0.15) is 11.7 Å². The van der Waals surface area contributed by atoms with Crippen LogP contribution in [0.2, 0.25) is 0 Å². The molecule has 72 valence electrons. The van der Waals surface area contributed by atoms with E-state index < -0.39 is 11.9 Å². The van der Waals surface area contributed by atoms with Crippen LogP contribution in [0.3, 0.4) is 0 Å². The van der Waals surface area contributed by atoms with Crippen molar-refractivity contribution in [3.05, 3.63) is 23.5 Å². The van der Waals surface area contributed by atoms with Gasteiger partial charge < -0.3 is 4.74 Å². The van der Waals surface area contributed by atoms with Gasteiger partial charge in [0.2, 0.25) is 0 Å². The lowest BCUT2D eigenvalue weighted by molar-refractivity contribution is -0.136. The van der Waals surface area contributed by atoms with Crippen molar-refractivity contribution >= 4 is 17.6 Å². The maximum Gasteiger partial charge on any atom is 0.335 e. The number of hydrogen-bond donors (Lipinski definition) is 0. The van der Waals surface area contributed by atoms with Crippen LogP contribution in [-0.2, 0) is 14.3 Å². The fourth-order valence-electron chi connectivity index (χ4n) is 1.60. The Morgan fingerprint density at radius 1 is 1.29 bits per heavy atom. The van der Waals surface area contributed by atoms with Crippen LogP contribution >= 0.6 is 0 Å². The predicted octanol–water partition coefficient (Wildman–Crippen LogP) is 0.991. The van der Waals surface area contributed by atoms with E-state index in [9.17, 15) is 9.59 Å². The van der Waals surface area contributed by atoms with Gasteiger partial charge in [-0.15, -0.1) is 0 Å². The van der Waals surface area contributed by atoms with Crippen LogP contribution < -0.4 is 0 Å². The van der Waals surface area contributed by atoms with Crippen molar-refractivity contribution in [2.24, 2.45) is 10.9 Å². The Morgan fingerprint density at radius 3 is 2.71 bits per heavy atom. The number of aliphatic imine (C=N–C) groups is 1. The maximum absolute atomic E-state index is 11.5. The summed E-state index contributed by atoms with van der Waals surface area (Å²) in [4.78, 5) is 26.4. The van der Waals surface area contributed by atoms with Gasteiger partial charge >= 0.3 is 5.97 Å². The molecule has 2 rings (SSSR count). The largest absolute Gasteiger partial charge is 0.427 e. The van der Waals surface area contributed by atoms with Crippen molar-refractivity contribution < 1.29 is 14.3 Å². The zero-order valence-electron chi connectivity index (χ0n) is 7.90. The first-order valence-electron chi connectivity index (χ1n) is 4.28. The van der Waals surface area contributed by atoms with E-state index in [0.29, 0.717) is 17.0 Å². The lowest BCUT2D eigenvalue weighted by Gasteiger charge is -2.24. The lowest BCUT2D eigenvalue weighted by atomic mass is 9.92. The normalized spacial score (nSPS) is 25.9. The third-order valence-electron chi connectivity index (χ3n) is 2.19. The van der Waals surface area contributed by atoms with Gasteiger partial charge in [-0.3, -0.25) is 4.79 Å². The van der Waals surface area contributed by atoms with E-state index in [1.165, 1.54) is 6.08 Å². The van der Waals surface area contributed by atoms with Crippen molar-refractivity contribution in [1.82, 2.24) is 0 Å². The van der Waals surface area contributed by atoms with Crippen LogP contribution in [0, 0.1) is 5.92 Å². The molecule has 0 aromatic heterocycles. The van der Waals surface area contributed by atoms with Gasteiger partial charge in [-0.05, 0) is 25.5 Å². The Labute approximate surface area is 81.0 Å². The summed E-state index contributed by atoms with van der Waals surface area (Å²) in [5.41, 5.74) is 1.26. The first-order chi connectivity index (χ1) is 6.58. The molecule has 0 aromatic carbocycles. The number of nitrogens with zero attached hydrogens (tertiary/aromatic N) is 1. The molecule has 1 atom stereocenters. The Kier molecular flexibility index (Phi) is 1.84. The smallest absolute Gasteiger partial charge is 0.335 e. The topological polar surface area (TPSA) is 55.7 Å². The van der Waals surface area contributed by atoms with Crippen molar-refractivity contribution in [1.29, 1.82) is 0 Å². The number of ether oxygens (including phenoxy) is 1. The molecule has 14 heavy (non-hydrogen) atoms. The number of esters is 1. The fourth-order valence-corrected chi connectivity index (χ4v) is 1.60. The minimum absolute atomic E-state index is 0.263. The van der Waals surface area contributed by atoms with Crippen molar-refractivity contribution in [3.63, 3.8) is 0 Å². The van der Waals surface area contributed by atoms with Crippen LogP contribution in [0.15, 0.2) is 28.5 Å². The summed E-state index contributed by atoms with van der Waals surface area (Å²) in [6, 6.07) is 0. The summed E-state index contributed by atoms with van der Waals surface area (Å²) in [5.74, 6) is -0.780. The summed E-state index contributed by atoms with van der Waals surface area (Å²) in [7, 11) is 0. The van der Waals surface area contributed by atoms with Gasteiger partial charge in [0.15, 0.2) is 0 Å². The molecule has 2 aliphatic heterocycles. The average molecular weight is 191 g/mol. The molecule has 0 fully saturated rings. The van der Waals surface area contributed by atoms with Crippen LogP contribution in [0.5, 0.6) is 0 Å². The van der Waals surface area contributed by atoms with E-state index in [1.54, 1.807) is 19.9 Å². The molecule has 0 aromatic rings. The number of carbonyl (C=O) groups excluding carboxylic acids is 2. The van der Waals surface area contributed by atoms with Crippen molar-refractivity contribution in [2.45, 2.75) is 13.8 Å². The summed E-state index contributed by atoms with van der Waals surface area (Å²) in [6.45, 7) is 3.43. The standard InChI is InChI=1S/C10H9NO3/c1-5-3-8(12)14-7-4-6(2)11-10(13)9(5)7/h3-4,9H,1-2H3. The number of allylic oxidation sites excluding steroid dienone is 1. The second kappa shape index (κ2) is 2.90. The number of dihydropyridines is 1. The Bertz CT molecular complexity index is 415. The van der Waals surface area contributed by atoms with Gasteiger partial charge in [0.25, 0.3) is 5.91 Å². The van der Waals surface area contributed by atoms with Crippen LogP contribution in [0.4, 0.5) is 0 Å². The summed E-state index contributed by atoms with van der Waals surface area (Å²) >= 11 is 0. The Morgan fingerprint density at radius 2 is 2.00 bits per heavy atom. The highest BCUT2D eigenvalue weighted by Gasteiger charge is 2.33. The number of rotatable bonds is 0. The van der Waals surface area contributed by atoms with E-state index in [1.807, 2.05) is 0 Å². The van der Waals surface area contributed by atoms with Gasteiger partial charge in [-0.1, -0.05) is 0 Å². The van der Waals surface area contributed by atoms with Crippen LogP contribution in [0.1, 0.15) is 13.8 Å². The van der Waals surface area contributed by atoms with E-state index in [4.69, 9.17) is 4.74 Å². The van der Waals surface area contributed by atoms with Crippen molar-refractivity contribution in [2.75, 3.05) is 0 Å². The molecule has 0 radical (unpaired) electrons. The van der Waals surface area contributed by atoms with Gasteiger partial charge in [0.05, 0.1) is 0 Å². The van der Waals surface area contributed by atoms with Gasteiger partial charge in [-0.2, -0.15) is 0 Å². The molecule has 0 saturated heterocycles. The highest BCUT2D eigenvalue weighted by atomic mass is 16.5. The molecular formula is C10H9NO3. The molecule has 0 spiro atoms. The molecule has 0 N–H and O–H groups in total. The molecule has 1 unspecified atom stereocenters. The van der Waals surface area contributed by atoms with E-state index in [-0.39, 0.29) is 5.91 Å². The molecule has 2 aliphatic rings. The zero-order valence-corrected chi connectivity index (χ0v) is 7.90. The summed E-state index contributed by atoms with van der Waals surface area (Å²) < 4.78 is 4.95. The molecule has 1 amide bonds. The van der Waals surface area contributed by atoms with Crippen molar-refractivity contribution in [3.8, 4) is 0 Å². The Balaban J connectivity index is 2.49. The third-order valence-corrected chi connectivity index (χ3v) is 2.19. The second-order valence-corrected chi connectivity index (χ2v) is 3.38. The molecule has 0 bridgehead atoms. The van der Waals surface area contributed by atoms with Gasteiger partial charge in [0, 0.05) is 11.8 Å². The third kappa shape index (κ3) is 1.28. The molecule has 4 heteroatoms. The van der Waals surface area contributed by atoms with E-state index in [2.05, 4.69) is 4.99 Å². The molecule has 0 aliphatic carbocycles. The lowest BCUT2D eigenvalue weighted by Crippen LogP contribution is -2.28. The SMILES string of the molecule is CC1=CC(=O)OC2=CC(C)=NC(=O)C12. The molecule has 4 nitrogen and oxygen atoms in total. The number of hydrogen-bond acceptors (Lipinski definition) is 3. The highest BCUT2D eigenvalue weighted by Crippen LogP contribution is 2.29. The first-order valence-corrected chi connectivity index (χ1v) is 4.28. The molecule has 2 heterocycles. The van der Waals surface area contributed by atoms with Gasteiger partial charge in [-0.25, -0.2) is 9.79 Å². The van der Waals surface area contributed by atoms with E-state index >= 15 is 0 Å². The van der Waals surface area contributed by atoms with Crippen LogP contribution in [0.25, 0.3) is 0 Å². The van der Waals surface area contributed by atoms with Crippen LogP contribution in [-0.4, -0.2) is 17.6 Å². The minimum Gasteiger partial charge on any atom is -0.427 e. The number of amides is 1.